The Hall–Kier alpha value is -1.83. The number of aliphatic carboxylic acids is 1. The van der Waals surface area contributed by atoms with Crippen molar-refractivity contribution in [3.8, 4) is 0 Å². The first-order valence-electron chi connectivity index (χ1n) is 8.82. The van der Waals surface area contributed by atoms with Gasteiger partial charge in [-0.3, -0.25) is 0 Å². The first-order valence-corrected chi connectivity index (χ1v) is 8.82. The lowest BCUT2D eigenvalue weighted by Gasteiger charge is -2.28. The number of hydrogen-bond donors (Lipinski definition) is 1. The Morgan fingerprint density at radius 1 is 1.17 bits per heavy atom. The number of rotatable bonds is 6. The van der Waals surface area contributed by atoms with E-state index in [9.17, 15) is 9.90 Å². The smallest absolute Gasteiger partial charge is 0.336 e. The quantitative estimate of drug-likeness (QED) is 0.532. The molecule has 1 aromatic carbocycles. The van der Waals surface area contributed by atoms with Crippen LogP contribution in [0.4, 0.5) is 0 Å². The van der Waals surface area contributed by atoms with Gasteiger partial charge in [0, 0.05) is 0 Å². The van der Waals surface area contributed by atoms with Gasteiger partial charge in [-0.1, -0.05) is 56.2 Å². The van der Waals surface area contributed by atoms with Crippen LogP contribution in [-0.2, 0) is 4.79 Å². The molecule has 0 bridgehead atoms. The summed E-state index contributed by atoms with van der Waals surface area (Å²) in [5.74, 6) is 0.679. The van der Waals surface area contributed by atoms with Gasteiger partial charge in [0.1, 0.15) is 0 Å². The van der Waals surface area contributed by atoms with Crippen LogP contribution in [0, 0.1) is 5.92 Å². The first-order chi connectivity index (χ1) is 11.2. The van der Waals surface area contributed by atoms with Crippen molar-refractivity contribution < 1.29 is 9.90 Å². The molecule has 0 saturated heterocycles. The van der Waals surface area contributed by atoms with Crippen LogP contribution >= 0.6 is 0 Å². The summed E-state index contributed by atoms with van der Waals surface area (Å²) >= 11 is 0. The molecule has 1 aliphatic carbocycles. The van der Waals surface area contributed by atoms with E-state index in [0.717, 1.165) is 11.5 Å². The van der Waals surface area contributed by atoms with Crippen LogP contribution in [0.2, 0.25) is 0 Å². The van der Waals surface area contributed by atoms with Gasteiger partial charge in [0.25, 0.3) is 0 Å². The van der Waals surface area contributed by atoms with E-state index in [-0.39, 0.29) is 0 Å². The van der Waals surface area contributed by atoms with E-state index < -0.39 is 5.97 Å². The lowest BCUT2D eigenvalue weighted by molar-refractivity contribution is -0.130. The van der Waals surface area contributed by atoms with Crippen LogP contribution in [0.3, 0.4) is 0 Å². The Morgan fingerprint density at radius 2 is 1.83 bits per heavy atom. The standard InChI is InChI=1S/C21H28O2/c1-3-5-7-20(21(22)23)19-14-12-18(13-15-19)17-10-8-16(6-4-2)9-11-17/h3,5,7,12-17H,4,6,8-11H2,1-2H3,(H,22,23)/t16-,17-. The molecule has 0 heterocycles. The molecule has 1 fully saturated rings. The average Bonchev–Trinajstić information content (AvgIpc) is 2.57. The molecule has 0 atom stereocenters. The summed E-state index contributed by atoms with van der Waals surface area (Å²) in [5, 5.41) is 9.35. The Balaban J connectivity index is 2.06. The van der Waals surface area contributed by atoms with Gasteiger partial charge in [0.05, 0.1) is 5.57 Å². The molecular formula is C21H28O2. The Labute approximate surface area is 139 Å². The minimum Gasteiger partial charge on any atom is -0.478 e. The third kappa shape index (κ3) is 4.82. The number of allylic oxidation sites excluding steroid dienone is 3. The average molecular weight is 312 g/mol. The summed E-state index contributed by atoms with van der Waals surface area (Å²) in [4.78, 5) is 11.4. The fourth-order valence-corrected chi connectivity index (χ4v) is 3.61. The predicted octanol–water partition coefficient (Wildman–Crippen LogP) is 5.80. The maximum atomic E-state index is 11.4. The summed E-state index contributed by atoms with van der Waals surface area (Å²) in [6.45, 7) is 4.15. The number of hydrogen-bond acceptors (Lipinski definition) is 1. The van der Waals surface area contributed by atoms with E-state index in [1.807, 2.05) is 25.1 Å². The zero-order valence-corrected chi connectivity index (χ0v) is 14.3. The monoisotopic (exact) mass is 312 g/mol. The van der Waals surface area contributed by atoms with Crippen molar-refractivity contribution in [3.05, 3.63) is 53.6 Å². The summed E-state index contributed by atoms with van der Waals surface area (Å²) in [6.07, 6.45) is 13.1. The predicted molar refractivity (Wildman–Crippen MR) is 96.5 cm³/mol. The fraction of sp³-hybridized carbons (Fsp3) is 0.476. The molecule has 0 unspecified atom stereocenters. The molecule has 124 valence electrons. The van der Waals surface area contributed by atoms with Gasteiger partial charge in [0.2, 0.25) is 0 Å². The van der Waals surface area contributed by atoms with Crippen molar-refractivity contribution in [2.45, 2.75) is 58.3 Å². The van der Waals surface area contributed by atoms with Crippen molar-refractivity contribution >= 4 is 11.5 Å². The van der Waals surface area contributed by atoms with E-state index in [1.165, 1.54) is 44.1 Å². The summed E-state index contributed by atoms with van der Waals surface area (Å²) in [7, 11) is 0. The minimum absolute atomic E-state index is 0.348. The van der Waals surface area contributed by atoms with Crippen LogP contribution in [0.15, 0.2) is 42.5 Å². The second-order valence-electron chi connectivity index (χ2n) is 6.54. The van der Waals surface area contributed by atoms with E-state index >= 15 is 0 Å². The molecule has 2 nitrogen and oxygen atoms in total. The van der Waals surface area contributed by atoms with Crippen molar-refractivity contribution in [1.82, 2.24) is 0 Å². The molecule has 1 N–H and O–H groups in total. The first kappa shape index (κ1) is 17.5. The molecule has 0 aromatic heterocycles. The largest absolute Gasteiger partial charge is 0.478 e. The number of carboxylic acids is 1. The van der Waals surface area contributed by atoms with Crippen LogP contribution in [-0.4, -0.2) is 11.1 Å². The van der Waals surface area contributed by atoms with Crippen molar-refractivity contribution in [2.24, 2.45) is 5.92 Å². The Bertz CT molecular complexity index is 558. The third-order valence-electron chi connectivity index (χ3n) is 4.92. The zero-order valence-electron chi connectivity index (χ0n) is 14.3. The maximum Gasteiger partial charge on any atom is 0.336 e. The molecule has 23 heavy (non-hydrogen) atoms. The van der Waals surface area contributed by atoms with Crippen molar-refractivity contribution in [1.29, 1.82) is 0 Å². The summed E-state index contributed by atoms with van der Waals surface area (Å²) < 4.78 is 0. The van der Waals surface area contributed by atoms with Gasteiger partial charge >= 0.3 is 5.97 Å². The van der Waals surface area contributed by atoms with Gasteiger partial charge in [-0.2, -0.15) is 0 Å². The van der Waals surface area contributed by atoms with Gasteiger partial charge in [-0.05, 0) is 61.6 Å². The second-order valence-corrected chi connectivity index (χ2v) is 6.54. The number of benzene rings is 1. The molecular weight excluding hydrogens is 284 g/mol. The minimum atomic E-state index is -0.879. The van der Waals surface area contributed by atoms with E-state index in [0.29, 0.717) is 11.5 Å². The highest BCUT2D eigenvalue weighted by Crippen LogP contribution is 2.37. The van der Waals surface area contributed by atoms with Crippen LogP contribution in [0.25, 0.3) is 5.57 Å². The molecule has 0 radical (unpaired) electrons. The van der Waals surface area contributed by atoms with E-state index in [2.05, 4.69) is 19.1 Å². The Kier molecular flexibility index (Phi) is 6.64. The highest BCUT2D eigenvalue weighted by atomic mass is 16.4. The van der Waals surface area contributed by atoms with Crippen molar-refractivity contribution in [2.75, 3.05) is 0 Å². The second kappa shape index (κ2) is 8.71. The Morgan fingerprint density at radius 3 is 2.35 bits per heavy atom. The van der Waals surface area contributed by atoms with Crippen molar-refractivity contribution in [3.63, 3.8) is 0 Å². The molecule has 1 aromatic rings. The fourth-order valence-electron chi connectivity index (χ4n) is 3.61. The topological polar surface area (TPSA) is 37.3 Å². The number of carboxylic acid groups (broad SMARTS) is 1. The molecule has 0 aliphatic heterocycles. The SMILES string of the molecule is CC=CC=C(C(=O)O)c1ccc([C@H]2CC[C@H](CCC)CC2)cc1. The highest BCUT2D eigenvalue weighted by molar-refractivity contribution is 6.15. The zero-order chi connectivity index (χ0) is 16.7. The third-order valence-corrected chi connectivity index (χ3v) is 4.92. The van der Waals surface area contributed by atoms with Crippen LogP contribution < -0.4 is 0 Å². The summed E-state index contributed by atoms with van der Waals surface area (Å²) in [5.41, 5.74) is 2.49. The van der Waals surface area contributed by atoms with Gasteiger partial charge in [0.15, 0.2) is 0 Å². The summed E-state index contributed by atoms with van der Waals surface area (Å²) in [6, 6.07) is 8.15. The van der Waals surface area contributed by atoms with Gasteiger partial charge in [-0.25, -0.2) is 4.79 Å². The van der Waals surface area contributed by atoms with E-state index in [4.69, 9.17) is 0 Å². The van der Waals surface area contributed by atoms with E-state index in [1.54, 1.807) is 12.2 Å². The lowest BCUT2D eigenvalue weighted by atomic mass is 9.77. The van der Waals surface area contributed by atoms with Crippen LogP contribution in [0.1, 0.15) is 69.4 Å². The maximum absolute atomic E-state index is 11.4. The highest BCUT2D eigenvalue weighted by Gasteiger charge is 2.22. The van der Waals surface area contributed by atoms with Crippen LogP contribution in [0.5, 0.6) is 0 Å². The number of carbonyl (C=O) groups is 1. The molecule has 0 spiro atoms. The van der Waals surface area contributed by atoms with Gasteiger partial charge in [-0.15, -0.1) is 0 Å². The molecule has 0 amide bonds. The van der Waals surface area contributed by atoms with Gasteiger partial charge < -0.3 is 5.11 Å². The lowest BCUT2D eigenvalue weighted by Crippen LogP contribution is -2.13. The molecule has 1 saturated carbocycles. The molecule has 1 aliphatic rings. The molecule has 2 rings (SSSR count). The normalized spacial score (nSPS) is 22.4. The molecule has 2 heteroatoms.